The maximum Gasteiger partial charge on any atom is 0.222 e. The van der Waals surface area contributed by atoms with Crippen LogP contribution in [0.4, 0.5) is 0 Å². The van der Waals surface area contributed by atoms with E-state index in [-0.39, 0.29) is 0 Å². The largest absolute Gasteiger partial charge is 0.379 e. The summed E-state index contributed by atoms with van der Waals surface area (Å²) in [6, 6.07) is 0. The molecular weight excluding hydrogens is 478 g/mol. The van der Waals surface area contributed by atoms with Crippen LogP contribution < -0.4 is 5.32 Å². The highest BCUT2D eigenvalue weighted by molar-refractivity contribution is 9.09. The number of alkyl halides is 1. The van der Waals surface area contributed by atoms with E-state index in [0.717, 1.165) is 71.0 Å². The molecule has 0 radical (unpaired) electrons. The minimum Gasteiger partial charge on any atom is -0.379 e. The molecular formula is C27H40BrN3O2. The van der Waals surface area contributed by atoms with Gasteiger partial charge in [0.1, 0.15) is 6.23 Å². The Kier molecular flexibility index (Phi) is 8.89. The van der Waals surface area contributed by atoms with Crippen LogP contribution in [-0.4, -0.2) is 51.6 Å². The number of aliphatic hydroxyl groups is 1. The highest BCUT2D eigenvalue weighted by Crippen LogP contribution is 2.35. The van der Waals surface area contributed by atoms with E-state index in [9.17, 15) is 9.90 Å². The average Bonchev–Trinajstić information content (AvgIpc) is 3.19. The molecule has 1 amide bonds. The van der Waals surface area contributed by atoms with E-state index in [1.165, 1.54) is 40.9 Å². The molecule has 33 heavy (non-hydrogen) atoms. The number of allylic oxidation sites excluding steroid dienone is 3. The van der Waals surface area contributed by atoms with Crippen molar-refractivity contribution in [2.75, 3.05) is 19.6 Å². The van der Waals surface area contributed by atoms with Crippen molar-refractivity contribution in [2.45, 2.75) is 94.5 Å². The molecule has 4 rings (SSSR count). The van der Waals surface area contributed by atoms with Gasteiger partial charge in [-0.05, 0) is 82.3 Å². The molecule has 1 fully saturated rings. The lowest BCUT2D eigenvalue weighted by molar-refractivity contribution is -0.132. The molecule has 5 nitrogen and oxygen atoms in total. The fourth-order valence-corrected chi connectivity index (χ4v) is 6.05. The van der Waals surface area contributed by atoms with Crippen molar-refractivity contribution in [1.82, 2.24) is 15.2 Å². The van der Waals surface area contributed by atoms with Gasteiger partial charge in [0.15, 0.2) is 0 Å². The van der Waals surface area contributed by atoms with E-state index in [1.54, 1.807) is 6.92 Å². The quantitative estimate of drug-likeness (QED) is 0.239. The number of amides is 1. The molecule has 0 bridgehead atoms. The smallest absolute Gasteiger partial charge is 0.222 e. The standard InChI is InChI=1S/C27H40BrN3O2/c1-19(32)29-16-15-24-23-8-2-3-9-25(23)30-27(24)21-7-5-17-31(18-21)26(33)10-4-6-20-11-13-22(28)14-12-20/h2,8,11,19,21-22,29-30,32H,3-7,9-10,12-18H2,1H3. The summed E-state index contributed by atoms with van der Waals surface area (Å²) in [6.45, 7) is 4.24. The number of hydrogen-bond acceptors (Lipinski definition) is 3. The third-order valence-electron chi connectivity index (χ3n) is 7.43. The number of nitrogens with one attached hydrogen (secondary N) is 2. The first kappa shape index (κ1) is 24.7. The summed E-state index contributed by atoms with van der Waals surface area (Å²) >= 11 is 3.70. The number of aliphatic hydroxyl groups excluding tert-OH is 1. The molecule has 3 unspecified atom stereocenters. The van der Waals surface area contributed by atoms with Crippen LogP contribution in [0.2, 0.25) is 0 Å². The number of nitrogens with zero attached hydrogens (tertiary/aromatic N) is 1. The van der Waals surface area contributed by atoms with E-state index in [4.69, 9.17) is 0 Å². The molecule has 182 valence electrons. The van der Waals surface area contributed by atoms with Crippen LogP contribution in [0.25, 0.3) is 6.08 Å². The summed E-state index contributed by atoms with van der Waals surface area (Å²) < 4.78 is 0. The van der Waals surface area contributed by atoms with Crippen molar-refractivity contribution < 1.29 is 9.90 Å². The van der Waals surface area contributed by atoms with E-state index in [2.05, 4.69) is 49.4 Å². The molecule has 2 aliphatic carbocycles. The van der Waals surface area contributed by atoms with E-state index in [0.29, 0.717) is 23.1 Å². The lowest BCUT2D eigenvalue weighted by Crippen LogP contribution is -2.39. The summed E-state index contributed by atoms with van der Waals surface area (Å²) in [4.78, 5) is 19.6. The average molecular weight is 519 g/mol. The molecule has 1 saturated heterocycles. The number of rotatable bonds is 9. The maximum absolute atomic E-state index is 13.0. The minimum atomic E-state index is -0.494. The minimum absolute atomic E-state index is 0.322. The second-order valence-corrected chi connectivity index (χ2v) is 11.3. The number of H-pyrrole nitrogens is 1. The van der Waals surface area contributed by atoms with E-state index >= 15 is 0 Å². The second kappa shape index (κ2) is 11.9. The number of aromatic amines is 1. The van der Waals surface area contributed by atoms with Crippen molar-refractivity contribution in [3.63, 3.8) is 0 Å². The van der Waals surface area contributed by atoms with Crippen LogP contribution in [0, 0.1) is 0 Å². The van der Waals surface area contributed by atoms with Gasteiger partial charge >= 0.3 is 0 Å². The van der Waals surface area contributed by atoms with Crippen molar-refractivity contribution in [1.29, 1.82) is 0 Å². The topological polar surface area (TPSA) is 68.4 Å². The monoisotopic (exact) mass is 517 g/mol. The molecule has 0 spiro atoms. The van der Waals surface area contributed by atoms with Gasteiger partial charge < -0.3 is 15.0 Å². The zero-order chi connectivity index (χ0) is 23.2. The summed E-state index contributed by atoms with van der Waals surface area (Å²) in [7, 11) is 0. The van der Waals surface area contributed by atoms with Gasteiger partial charge in [0.05, 0.1) is 0 Å². The third-order valence-corrected chi connectivity index (χ3v) is 8.26. The van der Waals surface area contributed by atoms with E-state index < -0.39 is 6.23 Å². The maximum atomic E-state index is 13.0. The number of aromatic nitrogens is 1. The summed E-state index contributed by atoms with van der Waals surface area (Å²) in [5.41, 5.74) is 6.93. The Labute approximate surface area is 207 Å². The third kappa shape index (κ3) is 6.61. The molecule has 0 aromatic carbocycles. The highest BCUT2D eigenvalue weighted by Gasteiger charge is 2.29. The van der Waals surface area contributed by atoms with Gasteiger partial charge in [-0.2, -0.15) is 0 Å². The lowest BCUT2D eigenvalue weighted by atomic mass is 9.89. The van der Waals surface area contributed by atoms with Crippen molar-refractivity contribution >= 4 is 27.9 Å². The fraction of sp³-hybridized carbons (Fsp3) is 0.667. The van der Waals surface area contributed by atoms with Crippen LogP contribution in [-0.2, 0) is 17.6 Å². The Morgan fingerprint density at radius 3 is 3.00 bits per heavy atom. The van der Waals surface area contributed by atoms with Crippen LogP contribution in [0.15, 0.2) is 17.7 Å². The highest BCUT2D eigenvalue weighted by atomic mass is 79.9. The molecule has 2 heterocycles. The molecule has 1 aromatic heterocycles. The number of carbonyl (C=O) groups excluding carboxylic acids is 1. The van der Waals surface area contributed by atoms with Gasteiger partial charge in [-0.25, -0.2) is 0 Å². The summed E-state index contributed by atoms with van der Waals surface area (Å²) in [5.74, 6) is 0.697. The number of carbonyl (C=O) groups is 1. The Hall–Kier alpha value is -1.37. The number of aryl methyl sites for hydroxylation is 1. The normalized spacial score (nSPS) is 23.8. The molecule has 0 saturated carbocycles. The summed E-state index contributed by atoms with van der Waals surface area (Å²) in [6.07, 6.45) is 17.9. The van der Waals surface area contributed by atoms with Crippen molar-refractivity contribution in [3.8, 4) is 0 Å². The molecule has 3 atom stereocenters. The van der Waals surface area contributed by atoms with Gasteiger partial charge in [0.2, 0.25) is 5.91 Å². The predicted molar refractivity (Wildman–Crippen MR) is 139 cm³/mol. The first-order valence-corrected chi connectivity index (χ1v) is 13.8. The Bertz CT molecular complexity index is 873. The van der Waals surface area contributed by atoms with Gasteiger partial charge in [-0.3, -0.25) is 10.1 Å². The SMILES string of the molecule is CC(O)NCCc1c(C2CCCN(C(=O)CCCC3=CCC(Br)CC3)C2)[nH]c2c1C=CCC2. The second-order valence-electron chi connectivity index (χ2n) is 10.00. The van der Waals surface area contributed by atoms with Crippen LogP contribution in [0.5, 0.6) is 0 Å². The van der Waals surface area contributed by atoms with Crippen LogP contribution >= 0.6 is 15.9 Å². The number of fused-ring (bicyclic) bond motifs is 1. The molecule has 6 heteroatoms. The van der Waals surface area contributed by atoms with Crippen LogP contribution in [0.3, 0.4) is 0 Å². The predicted octanol–water partition coefficient (Wildman–Crippen LogP) is 5.19. The van der Waals surface area contributed by atoms with Crippen molar-refractivity contribution in [2.24, 2.45) is 0 Å². The Balaban J connectivity index is 1.37. The van der Waals surface area contributed by atoms with Crippen LogP contribution in [0.1, 0.15) is 93.1 Å². The number of piperidine rings is 1. The fourth-order valence-electron chi connectivity index (χ4n) is 5.63. The van der Waals surface area contributed by atoms with Gasteiger partial charge in [-0.1, -0.05) is 39.7 Å². The Morgan fingerprint density at radius 1 is 1.33 bits per heavy atom. The van der Waals surface area contributed by atoms with Gasteiger partial charge in [-0.15, -0.1) is 0 Å². The zero-order valence-electron chi connectivity index (χ0n) is 20.0. The first-order chi connectivity index (χ1) is 16.0. The molecule has 1 aromatic rings. The molecule has 3 N–H and O–H groups in total. The molecule has 3 aliphatic rings. The lowest BCUT2D eigenvalue weighted by Gasteiger charge is -2.33. The van der Waals surface area contributed by atoms with Gasteiger partial charge in [0.25, 0.3) is 0 Å². The van der Waals surface area contributed by atoms with Crippen molar-refractivity contribution in [3.05, 3.63) is 40.2 Å². The summed E-state index contributed by atoms with van der Waals surface area (Å²) in [5, 5.41) is 12.8. The van der Waals surface area contributed by atoms with Gasteiger partial charge in [0, 0.05) is 48.2 Å². The first-order valence-electron chi connectivity index (χ1n) is 12.9. The number of hydrogen-bond donors (Lipinski definition) is 3. The number of halogens is 1. The molecule has 1 aliphatic heterocycles. The number of likely N-dealkylation sites (tertiary alicyclic amines) is 1. The van der Waals surface area contributed by atoms with E-state index in [1.807, 2.05) is 0 Å². The Morgan fingerprint density at radius 2 is 2.21 bits per heavy atom. The zero-order valence-corrected chi connectivity index (χ0v) is 21.6.